The summed E-state index contributed by atoms with van der Waals surface area (Å²) in [6.07, 6.45) is 0.0723. The smallest absolute Gasteiger partial charge is 0.309 e. The number of aromatic nitrogens is 1. The zero-order chi connectivity index (χ0) is 22.3. The monoisotopic (exact) mass is 441 g/mol. The van der Waals surface area contributed by atoms with Gasteiger partial charge in [-0.3, -0.25) is 9.59 Å². The molecule has 0 unspecified atom stereocenters. The van der Waals surface area contributed by atoms with Crippen molar-refractivity contribution in [2.24, 2.45) is 11.8 Å². The number of benzene rings is 1. The lowest BCUT2D eigenvalue weighted by molar-refractivity contribution is -0.144. The predicted octanol–water partition coefficient (Wildman–Crippen LogP) is 2.78. The summed E-state index contributed by atoms with van der Waals surface area (Å²) in [6, 6.07) is 3.28. The summed E-state index contributed by atoms with van der Waals surface area (Å²) < 4.78 is 58.2. The summed E-state index contributed by atoms with van der Waals surface area (Å²) in [4.78, 5) is 25.9. The van der Waals surface area contributed by atoms with Crippen LogP contribution in [-0.2, 0) is 4.79 Å². The van der Waals surface area contributed by atoms with Gasteiger partial charge >= 0.3 is 5.97 Å². The Morgan fingerprint density at radius 3 is 2.68 bits per heavy atom. The van der Waals surface area contributed by atoms with E-state index in [9.17, 15) is 32.3 Å². The second kappa shape index (κ2) is 7.95. The number of nitrogens with one attached hydrogen (secondary N) is 1. The van der Waals surface area contributed by atoms with Gasteiger partial charge in [-0.1, -0.05) is 5.16 Å². The summed E-state index contributed by atoms with van der Waals surface area (Å²) in [5.74, 6) is -8.02. The first-order valence-electron chi connectivity index (χ1n) is 9.70. The second-order valence-electron chi connectivity index (χ2n) is 7.94. The summed E-state index contributed by atoms with van der Waals surface area (Å²) >= 11 is 0. The standard InChI is InChI=1S/C20H19F4N3O4/c21-11-1-2-12(14(22)5-11)17-6-16(26-31-17)18(28)25-15-3-4-27(9-13(15)19(29)30)8-10-7-20(10,23)24/h1-2,5-6,10,13,15H,3-4,7-9H2,(H,25,28)(H,29,30)/t10-,13-,15-/m0/s1. The predicted molar refractivity (Wildman–Crippen MR) is 98.3 cm³/mol. The van der Waals surface area contributed by atoms with E-state index < -0.39 is 47.3 Å². The van der Waals surface area contributed by atoms with E-state index in [0.717, 1.165) is 12.1 Å². The van der Waals surface area contributed by atoms with Crippen LogP contribution < -0.4 is 5.32 Å². The first kappa shape index (κ1) is 21.3. The highest BCUT2D eigenvalue weighted by Crippen LogP contribution is 2.49. The minimum atomic E-state index is -2.68. The Morgan fingerprint density at radius 2 is 2.03 bits per heavy atom. The Morgan fingerprint density at radius 1 is 1.29 bits per heavy atom. The van der Waals surface area contributed by atoms with Gasteiger partial charge in [-0.2, -0.15) is 0 Å². The van der Waals surface area contributed by atoms with Crippen LogP contribution in [-0.4, -0.2) is 58.6 Å². The van der Waals surface area contributed by atoms with E-state index >= 15 is 0 Å². The number of hydrogen-bond donors (Lipinski definition) is 2. The largest absolute Gasteiger partial charge is 0.481 e. The van der Waals surface area contributed by atoms with Gasteiger partial charge in [0.2, 0.25) is 0 Å². The molecule has 1 saturated heterocycles. The van der Waals surface area contributed by atoms with Crippen molar-refractivity contribution in [3.8, 4) is 11.3 Å². The average Bonchev–Trinajstić information content (AvgIpc) is 3.08. The van der Waals surface area contributed by atoms with Crippen molar-refractivity contribution in [1.82, 2.24) is 15.4 Å². The Labute approximate surface area is 174 Å². The van der Waals surface area contributed by atoms with E-state index in [1.165, 1.54) is 6.07 Å². The Balaban J connectivity index is 1.41. The lowest BCUT2D eigenvalue weighted by atomic mass is 9.91. The molecule has 31 heavy (non-hydrogen) atoms. The van der Waals surface area contributed by atoms with E-state index in [2.05, 4.69) is 10.5 Å². The number of rotatable bonds is 6. The minimum Gasteiger partial charge on any atom is -0.481 e. The molecule has 4 rings (SSSR count). The Bertz CT molecular complexity index is 1010. The van der Waals surface area contributed by atoms with Gasteiger partial charge in [-0.15, -0.1) is 0 Å². The summed E-state index contributed by atoms with van der Waals surface area (Å²) in [7, 11) is 0. The van der Waals surface area contributed by atoms with Crippen molar-refractivity contribution < 1.29 is 36.8 Å². The van der Waals surface area contributed by atoms with Crippen LogP contribution in [0.3, 0.4) is 0 Å². The van der Waals surface area contributed by atoms with Gasteiger partial charge in [0.05, 0.1) is 11.5 Å². The van der Waals surface area contributed by atoms with Crippen LogP contribution in [0.4, 0.5) is 17.6 Å². The molecule has 1 aromatic carbocycles. The number of carbonyl (C=O) groups is 2. The zero-order valence-electron chi connectivity index (χ0n) is 16.2. The van der Waals surface area contributed by atoms with Crippen molar-refractivity contribution in [1.29, 1.82) is 0 Å². The summed E-state index contributed by atoms with van der Waals surface area (Å²) in [5, 5.41) is 15.7. The molecule has 7 nitrogen and oxygen atoms in total. The molecule has 2 N–H and O–H groups in total. The van der Waals surface area contributed by atoms with Crippen molar-refractivity contribution in [3.05, 3.63) is 41.6 Å². The van der Waals surface area contributed by atoms with Gasteiger partial charge in [0.25, 0.3) is 11.8 Å². The van der Waals surface area contributed by atoms with E-state index in [1.54, 1.807) is 4.90 Å². The molecule has 1 aliphatic heterocycles. The van der Waals surface area contributed by atoms with E-state index in [4.69, 9.17) is 4.52 Å². The molecule has 1 amide bonds. The molecule has 1 saturated carbocycles. The third-order valence-corrected chi connectivity index (χ3v) is 5.70. The van der Waals surface area contributed by atoms with Gasteiger partial charge in [-0.25, -0.2) is 17.6 Å². The van der Waals surface area contributed by atoms with E-state index in [1.807, 2.05) is 0 Å². The number of carboxylic acid groups (broad SMARTS) is 1. The van der Waals surface area contributed by atoms with Crippen LogP contribution >= 0.6 is 0 Å². The number of likely N-dealkylation sites (tertiary alicyclic amines) is 1. The Kier molecular flexibility index (Phi) is 5.46. The van der Waals surface area contributed by atoms with E-state index in [0.29, 0.717) is 12.6 Å². The summed E-state index contributed by atoms with van der Waals surface area (Å²) in [5.41, 5.74) is -0.274. The third kappa shape index (κ3) is 4.55. The highest BCUT2D eigenvalue weighted by atomic mass is 19.3. The minimum absolute atomic E-state index is 0.0394. The fourth-order valence-corrected chi connectivity index (χ4v) is 3.83. The molecule has 2 heterocycles. The molecule has 11 heteroatoms. The molecule has 2 aliphatic rings. The molecular formula is C20H19F4N3O4. The first-order valence-corrected chi connectivity index (χ1v) is 9.70. The van der Waals surface area contributed by atoms with Gasteiger partial charge in [0.1, 0.15) is 11.6 Å². The lowest BCUT2D eigenvalue weighted by Crippen LogP contribution is -2.54. The topological polar surface area (TPSA) is 95.7 Å². The van der Waals surface area contributed by atoms with Gasteiger partial charge in [0, 0.05) is 50.1 Å². The number of alkyl halides is 2. The van der Waals surface area contributed by atoms with Crippen LogP contribution in [0.25, 0.3) is 11.3 Å². The quantitative estimate of drug-likeness (QED) is 0.670. The molecule has 0 bridgehead atoms. The molecule has 166 valence electrons. The van der Waals surface area contributed by atoms with Crippen LogP contribution in [0, 0.1) is 23.5 Å². The van der Waals surface area contributed by atoms with Gasteiger partial charge < -0.3 is 19.8 Å². The maximum atomic E-state index is 13.9. The van der Waals surface area contributed by atoms with Crippen LogP contribution in [0.5, 0.6) is 0 Å². The van der Waals surface area contributed by atoms with Crippen molar-refractivity contribution >= 4 is 11.9 Å². The molecular weight excluding hydrogens is 422 g/mol. The van der Waals surface area contributed by atoms with Gasteiger partial charge in [-0.05, 0) is 18.6 Å². The van der Waals surface area contributed by atoms with Crippen LogP contribution in [0.2, 0.25) is 0 Å². The number of aliphatic carboxylic acids is 1. The molecule has 0 spiro atoms. The lowest BCUT2D eigenvalue weighted by Gasteiger charge is -2.36. The van der Waals surface area contributed by atoms with E-state index in [-0.39, 0.29) is 42.9 Å². The third-order valence-electron chi connectivity index (χ3n) is 5.70. The number of carboxylic acids is 1. The number of halogens is 4. The number of piperidine rings is 1. The number of amides is 1. The second-order valence-corrected chi connectivity index (χ2v) is 7.94. The number of hydrogen-bond acceptors (Lipinski definition) is 5. The maximum Gasteiger partial charge on any atom is 0.309 e. The van der Waals surface area contributed by atoms with Gasteiger partial charge in [0.15, 0.2) is 11.5 Å². The van der Waals surface area contributed by atoms with Crippen LogP contribution in [0.1, 0.15) is 23.3 Å². The first-order chi connectivity index (χ1) is 14.6. The fraction of sp³-hybridized carbons (Fsp3) is 0.450. The molecule has 2 aromatic rings. The van der Waals surface area contributed by atoms with Crippen LogP contribution in [0.15, 0.2) is 28.8 Å². The number of nitrogens with zero attached hydrogens (tertiary/aromatic N) is 2. The SMILES string of the molecule is O=C(N[C@H]1CCN(C[C@@H]2CC2(F)F)C[C@@H]1C(=O)O)c1cc(-c2ccc(F)cc2F)on1. The average molecular weight is 441 g/mol. The molecule has 1 aromatic heterocycles. The van der Waals surface area contributed by atoms with Crippen molar-refractivity contribution in [3.63, 3.8) is 0 Å². The highest BCUT2D eigenvalue weighted by Gasteiger charge is 2.57. The fourth-order valence-electron chi connectivity index (χ4n) is 3.83. The maximum absolute atomic E-state index is 13.9. The number of carbonyl (C=O) groups excluding carboxylic acids is 1. The van der Waals surface area contributed by atoms with Crippen molar-refractivity contribution in [2.75, 3.05) is 19.6 Å². The highest BCUT2D eigenvalue weighted by molar-refractivity contribution is 5.93. The normalized spacial score (nSPS) is 25.2. The van der Waals surface area contributed by atoms with Crippen molar-refractivity contribution in [2.45, 2.75) is 24.8 Å². The molecule has 0 radical (unpaired) electrons. The zero-order valence-corrected chi connectivity index (χ0v) is 16.2. The molecule has 1 aliphatic carbocycles. The molecule has 2 fully saturated rings. The Hall–Kier alpha value is -2.95. The summed E-state index contributed by atoms with van der Waals surface area (Å²) in [6.45, 7) is 0.525. The molecule has 3 atom stereocenters.